The topological polar surface area (TPSA) is 40.5 Å². The Labute approximate surface area is 114 Å². The fourth-order valence-electron chi connectivity index (χ4n) is 2.73. The Bertz CT molecular complexity index is 488. The van der Waals surface area contributed by atoms with Crippen molar-refractivity contribution in [2.45, 2.75) is 38.6 Å². The highest BCUT2D eigenvalue weighted by Crippen LogP contribution is 2.28. The molecule has 1 aromatic carbocycles. The molecule has 2 rings (SSSR count). The van der Waals surface area contributed by atoms with Crippen LogP contribution in [-0.4, -0.2) is 24.2 Å². The van der Waals surface area contributed by atoms with Gasteiger partial charge in [0, 0.05) is 24.9 Å². The van der Waals surface area contributed by atoms with Gasteiger partial charge in [0.15, 0.2) is 0 Å². The summed E-state index contributed by atoms with van der Waals surface area (Å²) in [6, 6.07) is 6.86. The molecule has 1 saturated carbocycles. The first-order valence-electron chi connectivity index (χ1n) is 6.82. The van der Waals surface area contributed by atoms with Gasteiger partial charge in [0.2, 0.25) is 0 Å². The summed E-state index contributed by atoms with van der Waals surface area (Å²) in [4.78, 5) is 12.9. The van der Waals surface area contributed by atoms with E-state index in [2.05, 4.69) is 24.1 Å². The van der Waals surface area contributed by atoms with Crippen LogP contribution in [0.1, 0.15) is 36.8 Å². The van der Waals surface area contributed by atoms with Crippen molar-refractivity contribution < 1.29 is 9.90 Å². The Hall–Kier alpha value is -1.77. The van der Waals surface area contributed by atoms with Crippen LogP contribution in [0.4, 0.5) is 5.69 Å². The minimum absolute atomic E-state index is 0.653. The summed E-state index contributed by atoms with van der Waals surface area (Å²) in [5.74, 6) is -0.911. The molecule has 0 amide bonds. The van der Waals surface area contributed by atoms with Crippen LogP contribution in [-0.2, 0) is 4.79 Å². The summed E-state index contributed by atoms with van der Waals surface area (Å²) in [5.41, 5.74) is 3.29. The standard InChI is InChI=1S/C16H21NO2/c1-12-11-15(17(2)14-5-3-4-6-14)9-7-13(12)8-10-16(18)19/h7-11,14H,3-6H2,1-2H3,(H,18,19). The van der Waals surface area contributed by atoms with E-state index in [0.717, 1.165) is 11.1 Å². The third-order valence-electron chi connectivity index (χ3n) is 3.94. The van der Waals surface area contributed by atoms with Crippen LogP contribution in [0.2, 0.25) is 0 Å². The lowest BCUT2D eigenvalue weighted by molar-refractivity contribution is -0.131. The summed E-state index contributed by atoms with van der Waals surface area (Å²) in [6.07, 6.45) is 8.03. The van der Waals surface area contributed by atoms with Gasteiger partial charge in [0.25, 0.3) is 0 Å². The maximum atomic E-state index is 10.5. The molecule has 3 nitrogen and oxygen atoms in total. The molecule has 3 heteroatoms. The fraction of sp³-hybridized carbons (Fsp3) is 0.438. The lowest BCUT2D eigenvalue weighted by Crippen LogP contribution is -2.28. The van der Waals surface area contributed by atoms with Crippen LogP contribution in [0.15, 0.2) is 24.3 Å². The molecular weight excluding hydrogens is 238 g/mol. The average Bonchev–Trinajstić information content (AvgIpc) is 2.90. The molecule has 0 heterocycles. The van der Waals surface area contributed by atoms with E-state index in [1.165, 1.54) is 37.4 Å². The lowest BCUT2D eigenvalue weighted by atomic mass is 10.1. The zero-order chi connectivity index (χ0) is 13.8. The van der Waals surface area contributed by atoms with Crippen LogP contribution in [0.25, 0.3) is 6.08 Å². The number of rotatable bonds is 4. The maximum Gasteiger partial charge on any atom is 0.328 e. The van der Waals surface area contributed by atoms with E-state index < -0.39 is 5.97 Å². The summed E-state index contributed by atoms with van der Waals surface area (Å²) < 4.78 is 0. The number of carboxylic acids is 1. The van der Waals surface area contributed by atoms with Gasteiger partial charge in [0.05, 0.1) is 0 Å². The molecule has 19 heavy (non-hydrogen) atoms. The van der Waals surface area contributed by atoms with E-state index >= 15 is 0 Å². The van der Waals surface area contributed by atoms with E-state index in [1.807, 2.05) is 13.0 Å². The first-order valence-corrected chi connectivity index (χ1v) is 6.82. The minimum atomic E-state index is -0.911. The van der Waals surface area contributed by atoms with Gasteiger partial charge < -0.3 is 10.0 Å². The molecule has 0 aliphatic heterocycles. The van der Waals surface area contributed by atoms with Crippen molar-refractivity contribution in [1.29, 1.82) is 0 Å². The molecule has 0 aromatic heterocycles. The van der Waals surface area contributed by atoms with Crippen molar-refractivity contribution in [2.24, 2.45) is 0 Å². The minimum Gasteiger partial charge on any atom is -0.478 e. The molecule has 0 atom stereocenters. The van der Waals surface area contributed by atoms with E-state index in [4.69, 9.17) is 5.11 Å². The van der Waals surface area contributed by atoms with Crippen LogP contribution in [0.5, 0.6) is 0 Å². The number of hydrogen-bond donors (Lipinski definition) is 1. The normalized spacial score (nSPS) is 16.1. The second-order valence-corrected chi connectivity index (χ2v) is 5.26. The van der Waals surface area contributed by atoms with Crippen LogP contribution in [0, 0.1) is 6.92 Å². The van der Waals surface area contributed by atoms with Gasteiger partial charge in [-0.1, -0.05) is 18.9 Å². The Morgan fingerprint density at radius 2 is 2.05 bits per heavy atom. The van der Waals surface area contributed by atoms with Crippen LogP contribution in [0.3, 0.4) is 0 Å². The summed E-state index contributed by atoms with van der Waals surface area (Å²) in [5, 5.41) is 8.66. The molecule has 102 valence electrons. The molecule has 0 radical (unpaired) electrons. The molecule has 0 spiro atoms. The number of benzene rings is 1. The molecular formula is C16H21NO2. The number of carbonyl (C=O) groups is 1. The second-order valence-electron chi connectivity index (χ2n) is 5.26. The summed E-state index contributed by atoms with van der Waals surface area (Å²) in [7, 11) is 2.15. The quantitative estimate of drug-likeness (QED) is 0.842. The van der Waals surface area contributed by atoms with Crippen molar-refractivity contribution in [3.8, 4) is 0 Å². The third kappa shape index (κ3) is 3.37. The smallest absolute Gasteiger partial charge is 0.328 e. The monoisotopic (exact) mass is 259 g/mol. The Morgan fingerprint density at radius 3 is 2.63 bits per heavy atom. The zero-order valence-electron chi connectivity index (χ0n) is 11.6. The van der Waals surface area contributed by atoms with Crippen LogP contribution < -0.4 is 4.90 Å². The van der Waals surface area contributed by atoms with Crippen molar-refractivity contribution in [1.82, 2.24) is 0 Å². The summed E-state index contributed by atoms with van der Waals surface area (Å²) in [6.45, 7) is 2.02. The van der Waals surface area contributed by atoms with Gasteiger partial charge in [-0.05, 0) is 49.1 Å². The molecule has 0 saturated heterocycles. The predicted molar refractivity (Wildman–Crippen MR) is 78.5 cm³/mol. The number of aryl methyl sites for hydroxylation is 1. The fourth-order valence-corrected chi connectivity index (χ4v) is 2.73. The predicted octanol–water partition coefficient (Wildman–Crippen LogP) is 3.47. The van der Waals surface area contributed by atoms with Gasteiger partial charge in [0.1, 0.15) is 0 Å². The number of hydrogen-bond acceptors (Lipinski definition) is 2. The van der Waals surface area contributed by atoms with Gasteiger partial charge in [-0.25, -0.2) is 4.79 Å². The van der Waals surface area contributed by atoms with Crippen molar-refractivity contribution in [3.63, 3.8) is 0 Å². The highest BCUT2D eigenvalue weighted by Gasteiger charge is 2.19. The number of aliphatic carboxylic acids is 1. The number of carboxylic acid groups (broad SMARTS) is 1. The molecule has 1 aliphatic carbocycles. The second kappa shape index (κ2) is 5.91. The zero-order valence-corrected chi connectivity index (χ0v) is 11.6. The molecule has 1 aromatic rings. The molecule has 1 fully saturated rings. The lowest BCUT2D eigenvalue weighted by Gasteiger charge is -2.27. The molecule has 1 aliphatic rings. The van der Waals surface area contributed by atoms with Crippen LogP contribution >= 0.6 is 0 Å². The Morgan fingerprint density at radius 1 is 1.37 bits per heavy atom. The SMILES string of the molecule is Cc1cc(N(C)C2CCCC2)ccc1C=CC(=O)O. The highest BCUT2D eigenvalue weighted by atomic mass is 16.4. The van der Waals surface area contributed by atoms with E-state index in [0.29, 0.717) is 6.04 Å². The van der Waals surface area contributed by atoms with E-state index in [1.54, 1.807) is 6.08 Å². The number of nitrogens with zero attached hydrogens (tertiary/aromatic N) is 1. The number of anilines is 1. The summed E-state index contributed by atoms with van der Waals surface area (Å²) >= 11 is 0. The van der Waals surface area contributed by atoms with Crippen molar-refractivity contribution in [2.75, 3.05) is 11.9 Å². The van der Waals surface area contributed by atoms with Gasteiger partial charge in [-0.3, -0.25) is 0 Å². The van der Waals surface area contributed by atoms with Crippen molar-refractivity contribution >= 4 is 17.7 Å². The van der Waals surface area contributed by atoms with E-state index in [9.17, 15) is 4.79 Å². The first kappa shape index (κ1) is 13.7. The molecule has 0 unspecified atom stereocenters. The maximum absolute atomic E-state index is 10.5. The molecule has 1 N–H and O–H groups in total. The van der Waals surface area contributed by atoms with Gasteiger partial charge >= 0.3 is 5.97 Å². The van der Waals surface area contributed by atoms with Crippen molar-refractivity contribution in [3.05, 3.63) is 35.4 Å². The average molecular weight is 259 g/mol. The van der Waals surface area contributed by atoms with E-state index in [-0.39, 0.29) is 0 Å². The van der Waals surface area contributed by atoms with Gasteiger partial charge in [-0.15, -0.1) is 0 Å². The van der Waals surface area contributed by atoms with Gasteiger partial charge in [-0.2, -0.15) is 0 Å². The third-order valence-corrected chi connectivity index (χ3v) is 3.94. The highest BCUT2D eigenvalue weighted by molar-refractivity contribution is 5.85. The Kier molecular flexibility index (Phi) is 4.25. The largest absolute Gasteiger partial charge is 0.478 e. The first-order chi connectivity index (χ1) is 9.08. The molecule has 0 bridgehead atoms. The Balaban J connectivity index is 2.15.